The number of hydrogen-bond donors (Lipinski definition) is 0. The summed E-state index contributed by atoms with van der Waals surface area (Å²) in [6.07, 6.45) is 3.49. The summed E-state index contributed by atoms with van der Waals surface area (Å²) in [5, 5.41) is 10.7. The van der Waals surface area contributed by atoms with Crippen LogP contribution in [0, 0.1) is 10.1 Å². The van der Waals surface area contributed by atoms with Gasteiger partial charge in [0.1, 0.15) is 5.76 Å². The Kier molecular flexibility index (Phi) is 4.90. The minimum atomic E-state index is -0.485. The maximum absolute atomic E-state index is 12.8. The highest BCUT2D eigenvalue weighted by molar-refractivity contribution is 5.94. The summed E-state index contributed by atoms with van der Waals surface area (Å²) < 4.78 is 11.0. The number of ether oxygens (including phenoxy) is 1. The molecule has 3 rings (SSSR count). The van der Waals surface area contributed by atoms with Crippen molar-refractivity contribution in [1.82, 2.24) is 4.90 Å². The van der Waals surface area contributed by atoms with Crippen LogP contribution < -0.4 is 0 Å². The summed E-state index contributed by atoms with van der Waals surface area (Å²) in [6.45, 7) is 1.52. The first kappa shape index (κ1) is 16.2. The van der Waals surface area contributed by atoms with Crippen LogP contribution in [0.1, 0.15) is 29.0 Å². The van der Waals surface area contributed by atoms with Crippen molar-refractivity contribution in [3.05, 3.63) is 64.1 Å². The number of furan rings is 1. The molecule has 1 aromatic carbocycles. The van der Waals surface area contributed by atoms with Crippen molar-refractivity contribution in [2.75, 3.05) is 13.2 Å². The molecule has 0 bridgehead atoms. The molecule has 1 aliphatic heterocycles. The Balaban J connectivity index is 1.77. The molecule has 1 amide bonds. The lowest BCUT2D eigenvalue weighted by Crippen LogP contribution is -2.36. The van der Waals surface area contributed by atoms with E-state index in [1.807, 2.05) is 6.07 Å². The molecule has 7 heteroatoms. The summed E-state index contributed by atoms with van der Waals surface area (Å²) in [5.74, 6) is 0.486. The molecule has 1 atom stereocenters. The van der Waals surface area contributed by atoms with Crippen LogP contribution in [-0.2, 0) is 11.3 Å². The lowest BCUT2D eigenvalue weighted by atomic mass is 10.1. The van der Waals surface area contributed by atoms with Crippen LogP contribution in [0.4, 0.5) is 5.69 Å². The largest absolute Gasteiger partial charge is 0.467 e. The molecule has 1 saturated heterocycles. The van der Waals surface area contributed by atoms with Crippen molar-refractivity contribution < 1.29 is 18.9 Å². The van der Waals surface area contributed by atoms with Crippen LogP contribution in [0.3, 0.4) is 0 Å². The molecule has 24 heavy (non-hydrogen) atoms. The molecule has 1 aliphatic rings. The molecule has 0 saturated carbocycles. The van der Waals surface area contributed by atoms with Gasteiger partial charge in [-0.2, -0.15) is 0 Å². The lowest BCUT2D eigenvalue weighted by Gasteiger charge is -2.24. The van der Waals surface area contributed by atoms with Crippen LogP contribution in [-0.4, -0.2) is 35.0 Å². The minimum absolute atomic E-state index is 0.0157. The number of hydrogen-bond acceptors (Lipinski definition) is 5. The number of nitro groups is 1. The zero-order valence-corrected chi connectivity index (χ0v) is 13.1. The third kappa shape index (κ3) is 3.80. The Bertz CT molecular complexity index is 690. The first-order valence-corrected chi connectivity index (χ1v) is 7.81. The Morgan fingerprint density at radius 3 is 2.67 bits per heavy atom. The van der Waals surface area contributed by atoms with Crippen LogP contribution in [0.2, 0.25) is 0 Å². The fourth-order valence-corrected chi connectivity index (χ4v) is 2.75. The number of nitrogens with zero attached hydrogens (tertiary/aromatic N) is 2. The molecular formula is C17H18N2O5. The highest BCUT2D eigenvalue weighted by atomic mass is 16.6. The van der Waals surface area contributed by atoms with Gasteiger partial charge in [0.15, 0.2) is 0 Å². The highest BCUT2D eigenvalue weighted by Gasteiger charge is 2.24. The maximum atomic E-state index is 12.8. The van der Waals surface area contributed by atoms with Gasteiger partial charge in [0.05, 0.1) is 23.8 Å². The van der Waals surface area contributed by atoms with Crippen LogP contribution >= 0.6 is 0 Å². The van der Waals surface area contributed by atoms with Crippen molar-refractivity contribution >= 4 is 11.6 Å². The van der Waals surface area contributed by atoms with Crippen molar-refractivity contribution in [3.63, 3.8) is 0 Å². The van der Waals surface area contributed by atoms with E-state index >= 15 is 0 Å². The summed E-state index contributed by atoms with van der Waals surface area (Å²) in [5.41, 5.74) is 0.369. The third-order valence-corrected chi connectivity index (χ3v) is 3.99. The van der Waals surface area contributed by atoms with Gasteiger partial charge in [0.25, 0.3) is 11.6 Å². The lowest BCUT2D eigenvalue weighted by molar-refractivity contribution is -0.384. The van der Waals surface area contributed by atoms with E-state index in [1.165, 1.54) is 24.3 Å². The summed E-state index contributed by atoms with van der Waals surface area (Å²) >= 11 is 0. The molecule has 7 nitrogen and oxygen atoms in total. The van der Waals surface area contributed by atoms with E-state index in [-0.39, 0.29) is 17.7 Å². The van der Waals surface area contributed by atoms with E-state index in [4.69, 9.17) is 9.15 Å². The molecule has 0 spiro atoms. The Hall–Kier alpha value is -2.67. The fraction of sp³-hybridized carbons (Fsp3) is 0.353. The SMILES string of the molecule is O=C(c1ccc([N+](=O)[O-])cc1)N(Cc1ccco1)C[C@H]1CCCO1. The smallest absolute Gasteiger partial charge is 0.269 e. The van der Waals surface area contributed by atoms with Gasteiger partial charge in [0.2, 0.25) is 0 Å². The second-order valence-corrected chi connectivity index (χ2v) is 5.70. The average Bonchev–Trinajstić information content (AvgIpc) is 3.27. The first-order chi connectivity index (χ1) is 11.6. The van der Waals surface area contributed by atoms with E-state index in [1.54, 1.807) is 17.2 Å². The molecular weight excluding hydrogens is 312 g/mol. The number of nitro benzene ring substituents is 1. The van der Waals surface area contributed by atoms with Crippen LogP contribution in [0.25, 0.3) is 0 Å². The summed E-state index contributed by atoms with van der Waals surface area (Å²) in [7, 11) is 0. The van der Waals surface area contributed by atoms with Gasteiger partial charge in [-0.05, 0) is 37.1 Å². The number of amides is 1. The molecule has 0 aliphatic carbocycles. The number of carbonyl (C=O) groups excluding carboxylic acids is 1. The van der Waals surface area contributed by atoms with Gasteiger partial charge >= 0.3 is 0 Å². The predicted molar refractivity (Wildman–Crippen MR) is 85.5 cm³/mol. The number of carbonyl (C=O) groups is 1. The van der Waals surface area contributed by atoms with E-state index in [2.05, 4.69) is 0 Å². The molecule has 0 unspecified atom stereocenters. The van der Waals surface area contributed by atoms with Crippen molar-refractivity contribution in [1.29, 1.82) is 0 Å². The van der Waals surface area contributed by atoms with Crippen LogP contribution in [0.15, 0.2) is 47.1 Å². The Labute approximate surface area is 139 Å². The van der Waals surface area contributed by atoms with E-state index in [9.17, 15) is 14.9 Å². The average molecular weight is 330 g/mol. The molecule has 0 N–H and O–H groups in total. The molecule has 126 valence electrons. The predicted octanol–water partition coefficient (Wildman–Crippen LogP) is 3.01. The van der Waals surface area contributed by atoms with Gasteiger partial charge < -0.3 is 14.1 Å². The molecule has 1 fully saturated rings. The van der Waals surface area contributed by atoms with Gasteiger partial charge in [-0.15, -0.1) is 0 Å². The molecule has 2 aromatic rings. The third-order valence-electron chi connectivity index (χ3n) is 3.99. The minimum Gasteiger partial charge on any atom is -0.467 e. The van der Waals surface area contributed by atoms with Crippen LogP contribution in [0.5, 0.6) is 0 Å². The van der Waals surface area contributed by atoms with Gasteiger partial charge in [-0.25, -0.2) is 0 Å². The quantitative estimate of drug-likeness (QED) is 0.600. The molecule has 0 radical (unpaired) electrons. The van der Waals surface area contributed by atoms with E-state index in [0.717, 1.165) is 12.8 Å². The van der Waals surface area contributed by atoms with Crippen molar-refractivity contribution in [3.8, 4) is 0 Å². The van der Waals surface area contributed by atoms with Gasteiger partial charge in [-0.3, -0.25) is 14.9 Å². The van der Waals surface area contributed by atoms with E-state index < -0.39 is 4.92 Å². The zero-order valence-electron chi connectivity index (χ0n) is 13.1. The number of benzene rings is 1. The highest BCUT2D eigenvalue weighted by Crippen LogP contribution is 2.19. The fourth-order valence-electron chi connectivity index (χ4n) is 2.75. The zero-order chi connectivity index (χ0) is 16.9. The van der Waals surface area contributed by atoms with Gasteiger partial charge in [0, 0.05) is 30.8 Å². The standard InChI is InChI=1S/C17H18N2O5/c20-17(13-5-7-14(8-6-13)19(21)22)18(11-15-3-1-9-23-15)12-16-4-2-10-24-16/h1,3,5-9,16H,2,4,10-12H2/t16-/m1/s1. The number of non-ortho nitro benzene ring substituents is 1. The normalized spacial score (nSPS) is 16.9. The molecule has 2 heterocycles. The first-order valence-electron chi connectivity index (χ1n) is 7.81. The summed E-state index contributed by atoms with van der Waals surface area (Å²) in [4.78, 5) is 24.7. The topological polar surface area (TPSA) is 85.8 Å². The second kappa shape index (κ2) is 7.27. The Morgan fingerprint density at radius 2 is 2.08 bits per heavy atom. The van der Waals surface area contributed by atoms with Crippen molar-refractivity contribution in [2.45, 2.75) is 25.5 Å². The second-order valence-electron chi connectivity index (χ2n) is 5.70. The number of rotatable bonds is 6. The molecule has 1 aromatic heterocycles. The summed E-state index contributed by atoms with van der Waals surface area (Å²) in [6, 6.07) is 9.21. The Morgan fingerprint density at radius 1 is 1.29 bits per heavy atom. The van der Waals surface area contributed by atoms with E-state index in [0.29, 0.717) is 31.0 Å². The van der Waals surface area contributed by atoms with Gasteiger partial charge in [-0.1, -0.05) is 0 Å². The van der Waals surface area contributed by atoms with Crippen molar-refractivity contribution in [2.24, 2.45) is 0 Å². The maximum Gasteiger partial charge on any atom is 0.269 e. The monoisotopic (exact) mass is 330 g/mol.